The van der Waals surface area contributed by atoms with Crippen molar-refractivity contribution in [1.82, 2.24) is 21.3 Å². The van der Waals surface area contributed by atoms with Crippen molar-refractivity contribution in [2.75, 3.05) is 26.2 Å². The van der Waals surface area contributed by atoms with Gasteiger partial charge in [0, 0.05) is 28.1 Å². The van der Waals surface area contributed by atoms with Crippen LogP contribution >= 0.6 is 27.5 Å². The third kappa shape index (κ3) is 6.05. The average molecular weight is 526 g/mol. The van der Waals surface area contributed by atoms with Crippen LogP contribution in [0.15, 0.2) is 46.9 Å². The molecule has 2 aromatic carbocycles. The molecule has 2 aromatic rings. The molecule has 1 saturated heterocycles. The van der Waals surface area contributed by atoms with E-state index >= 15 is 0 Å². The van der Waals surface area contributed by atoms with Gasteiger partial charge in [0.1, 0.15) is 11.4 Å². The molecule has 32 heavy (non-hydrogen) atoms. The number of nitrogens with one attached hydrogen (secondary N) is 4. The van der Waals surface area contributed by atoms with Crippen LogP contribution in [0.4, 0.5) is 4.39 Å². The predicted octanol–water partition coefficient (Wildman–Crippen LogP) is 2.64. The largest absolute Gasteiger partial charge is 0.352 e. The smallest absolute Gasteiger partial charge is 0.253 e. The molecular weight excluding hydrogens is 503 g/mol. The molecule has 1 aliphatic heterocycles. The maximum Gasteiger partial charge on any atom is 0.253 e. The summed E-state index contributed by atoms with van der Waals surface area (Å²) in [5.41, 5.74) is -0.553. The van der Waals surface area contributed by atoms with Crippen molar-refractivity contribution in [1.29, 1.82) is 0 Å². The van der Waals surface area contributed by atoms with Gasteiger partial charge in [-0.15, -0.1) is 0 Å². The van der Waals surface area contributed by atoms with E-state index in [1.54, 1.807) is 24.3 Å². The van der Waals surface area contributed by atoms with Crippen molar-refractivity contribution in [3.05, 3.63) is 68.9 Å². The van der Waals surface area contributed by atoms with Crippen molar-refractivity contribution >= 4 is 45.3 Å². The van der Waals surface area contributed by atoms with E-state index in [2.05, 4.69) is 37.2 Å². The number of amides is 3. The number of rotatable bonds is 7. The van der Waals surface area contributed by atoms with Gasteiger partial charge < -0.3 is 21.3 Å². The average Bonchev–Trinajstić information content (AvgIpc) is 2.79. The van der Waals surface area contributed by atoms with E-state index in [0.717, 1.165) is 6.07 Å². The van der Waals surface area contributed by atoms with Gasteiger partial charge in [-0.25, -0.2) is 4.39 Å². The molecule has 3 rings (SSSR count). The van der Waals surface area contributed by atoms with Crippen molar-refractivity contribution in [3.8, 4) is 0 Å². The first-order chi connectivity index (χ1) is 15.3. The summed E-state index contributed by atoms with van der Waals surface area (Å²) in [6.45, 7) is 1.49. The molecule has 0 atom stereocenters. The highest BCUT2D eigenvalue weighted by atomic mass is 79.9. The van der Waals surface area contributed by atoms with Crippen molar-refractivity contribution in [2.45, 2.75) is 18.4 Å². The molecule has 1 fully saturated rings. The van der Waals surface area contributed by atoms with Gasteiger partial charge in [0.2, 0.25) is 5.91 Å². The zero-order valence-electron chi connectivity index (χ0n) is 17.1. The van der Waals surface area contributed by atoms with Gasteiger partial charge in [0.05, 0.1) is 5.56 Å². The molecule has 0 bridgehead atoms. The lowest BCUT2D eigenvalue weighted by Crippen LogP contribution is -2.63. The van der Waals surface area contributed by atoms with E-state index in [4.69, 9.17) is 11.6 Å². The second kappa shape index (κ2) is 10.9. The number of carbonyl (C=O) groups excluding carboxylic acids is 3. The highest BCUT2D eigenvalue weighted by molar-refractivity contribution is 9.10. The number of benzene rings is 2. The quantitative estimate of drug-likeness (QED) is 0.418. The molecular formula is C22H23BrClFN4O3. The van der Waals surface area contributed by atoms with E-state index in [1.165, 1.54) is 12.1 Å². The second-order valence-corrected chi connectivity index (χ2v) is 8.72. The summed E-state index contributed by atoms with van der Waals surface area (Å²) in [5.74, 6) is -1.71. The Labute approximate surface area is 198 Å². The highest BCUT2D eigenvalue weighted by Gasteiger charge is 2.41. The van der Waals surface area contributed by atoms with Gasteiger partial charge in [0.25, 0.3) is 11.8 Å². The van der Waals surface area contributed by atoms with Crippen molar-refractivity contribution in [2.24, 2.45) is 0 Å². The Morgan fingerprint density at radius 1 is 1.00 bits per heavy atom. The Morgan fingerprint density at radius 3 is 2.34 bits per heavy atom. The molecule has 7 nitrogen and oxygen atoms in total. The lowest BCUT2D eigenvalue weighted by Gasteiger charge is -2.37. The summed E-state index contributed by atoms with van der Waals surface area (Å²) in [4.78, 5) is 38.0. The van der Waals surface area contributed by atoms with Crippen LogP contribution in [0.1, 0.15) is 33.6 Å². The normalized spacial score (nSPS) is 15.0. The van der Waals surface area contributed by atoms with Gasteiger partial charge in [-0.2, -0.15) is 0 Å². The fourth-order valence-electron chi connectivity index (χ4n) is 3.44. The number of piperidine rings is 1. The van der Waals surface area contributed by atoms with E-state index in [9.17, 15) is 18.8 Å². The van der Waals surface area contributed by atoms with Gasteiger partial charge in [-0.05, 0) is 84.3 Å². The van der Waals surface area contributed by atoms with Gasteiger partial charge in [0.15, 0.2) is 0 Å². The Morgan fingerprint density at radius 2 is 1.66 bits per heavy atom. The molecule has 3 amide bonds. The molecule has 170 valence electrons. The summed E-state index contributed by atoms with van der Waals surface area (Å²) in [6, 6.07) is 10.3. The topological polar surface area (TPSA) is 99.3 Å². The van der Waals surface area contributed by atoms with Crippen LogP contribution < -0.4 is 21.3 Å². The molecule has 0 aromatic heterocycles. The van der Waals surface area contributed by atoms with E-state index in [1.807, 2.05) is 0 Å². The first-order valence-corrected chi connectivity index (χ1v) is 11.3. The summed E-state index contributed by atoms with van der Waals surface area (Å²) < 4.78 is 14.1. The second-order valence-electron chi connectivity index (χ2n) is 7.43. The molecule has 4 N–H and O–H groups in total. The molecule has 1 aliphatic rings. The number of hydrogen-bond acceptors (Lipinski definition) is 4. The molecule has 0 unspecified atom stereocenters. The van der Waals surface area contributed by atoms with E-state index in [-0.39, 0.29) is 30.5 Å². The van der Waals surface area contributed by atoms with Crippen molar-refractivity contribution in [3.63, 3.8) is 0 Å². The summed E-state index contributed by atoms with van der Waals surface area (Å²) in [6.07, 6.45) is 0.767. The standard InChI is InChI=1S/C22H23BrClFN4O3/c23-18-6-5-16(25)13-17(18)20(31)29-22(7-9-26-10-8-22)21(32)28-12-11-27-19(30)14-1-3-15(24)4-2-14/h1-6,13,26H,7-12H2,(H,27,30)(H,28,32)(H,29,31). The Balaban J connectivity index is 1.59. The number of halogens is 3. The lowest BCUT2D eigenvalue weighted by atomic mass is 9.86. The van der Waals surface area contributed by atoms with Gasteiger partial charge in [-0.3, -0.25) is 14.4 Å². The molecule has 0 spiro atoms. The molecule has 0 saturated carbocycles. The van der Waals surface area contributed by atoms with Gasteiger partial charge in [-0.1, -0.05) is 11.6 Å². The third-order valence-corrected chi connectivity index (χ3v) is 6.16. The Hall–Kier alpha value is -2.49. The number of hydrogen-bond donors (Lipinski definition) is 4. The monoisotopic (exact) mass is 524 g/mol. The Kier molecular flexibility index (Phi) is 8.22. The first-order valence-electron chi connectivity index (χ1n) is 10.1. The fraction of sp³-hybridized carbons (Fsp3) is 0.318. The maximum absolute atomic E-state index is 13.6. The minimum atomic E-state index is -1.13. The third-order valence-electron chi connectivity index (χ3n) is 5.22. The van der Waals surface area contributed by atoms with Crippen LogP contribution in [0.2, 0.25) is 5.02 Å². The van der Waals surface area contributed by atoms with Crippen LogP contribution in [0.3, 0.4) is 0 Å². The molecule has 0 aliphatic carbocycles. The van der Waals surface area contributed by atoms with Crippen LogP contribution in [-0.4, -0.2) is 49.4 Å². The van der Waals surface area contributed by atoms with Crippen LogP contribution in [-0.2, 0) is 4.79 Å². The summed E-state index contributed by atoms with van der Waals surface area (Å²) in [5, 5.41) is 12.0. The Bertz CT molecular complexity index is 997. The fourth-order valence-corrected chi connectivity index (χ4v) is 4.00. The predicted molar refractivity (Wildman–Crippen MR) is 123 cm³/mol. The SMILES string of the molecule is O=C(NCCNC(=O)C1(NC(=O)c2cc(F)ccc2Br)CCNCC1)c1ccc(Cl)cc1. The minimum Gasteiger partial charge on any atom is -0.352 e. The zero-order chi connectivity index (χ0) is 23.1. The minimum absolute atomic E-state index is 0.117. The van der Waals surface area contributed by atoms with Crippen molar-refractivity contribution < 1.29 is 18.8 Å². The van der Waals surface area contributed by atoms with Crippen LogP contribution in [0.5, 0.6) is 0 Å². The highest BCUT2D eigenvalue weighted by Crippen LogP contribution is 2.23. The van der Waals surface area contributed by atoms with E-state index in [0.29, 0.717) is 41.0 Å². The zero-order valence-corrected chi connectivity index (χ0v) is 19.5. The van der Waals surface area contributed by atoms with Crippen LogP contribution in [0.25, 0.3) is 0 Å². The van der Waals surface area contributed by atoms with Gasteiger partial charge >= 0.3 is 0 Å². The molecule has 0 radical (unpaired) electrons. The molecule has 1 heterocycles. The van der Waals surface area contributed by atoms with Crippen LogP contribution in [0, 0.1) is 5.82 Å². The summed E-state index contributed by atoms with van der Waals surface area (Å²) >= 11 is 9.07. The maximum atomic E-state index is 13.6. The lowest BCUT2D eigenvalue weighted by molar-refractivity contribution is -0.128. The molecule has 10 heteroatoms. The van der Waals surface area contributed by atoms with E-state index < -0.39 is 17.3 Å². The summed E-state index contributed by atoms with van der Waals surface area (Å²) in [7, 11) is 0. The first kappa shape index (κ1) is 24.2. The number of carbonyl (C=O) groups is 3.